The van der Waals surface area contributed by atoms with E-state index in [0.29, 0.717) is 23.5 Å². The third-order valence-corrected chi connectivity index (χ3v) is 4.10. The van der Waals surface area contributed by atoms with Gasteiger partial charge in [-0.05, 0) is 37.9 Å². The maximum atomic E-state index is 12.7. The molecule has 7 nitrogen and oxygen atoms in total. The van der Waals surface area contributed by atoms with Crippen LogP contribution in [0.3, 0.4) is 0 Å². The summed E-state index contributed by atoms with van der Waals surface area (Å²) in [5, 5.41) is 8.22. The van der Waals surface area contributed by atoms with Crippen molar-refractivity contribution in [3.05, 3.63) is 59.7 Å². The van der Waals surface area contributed by atoms with Gasteiger partial charge in [-0.1, -0.05) is 30.3 Å². The zero-order valence-corrected chi connectivity index (χ0v) is 16.6. The highest BCUT2D eigenvalue weighted by molar-refractivity contribution is 5.99. The highest BCUT2D eigenvalue weighted by Crippen LogP contribution is 2.21. The van der Waals surface area contributed by atoms with Crippen LogP contribution in [0.25, 0.3) is 0 Å². The molecule has 2 aromatic rings. The van der Waals surface area contributed by atoms with Crippen LogP contribution in [0.5, 0.6) is 0 Å². The van der Waals surface area contributed by atoms with Gasteiger partial charge in [0.15, 0.2) is 0 Å². The highest BCUT2D eigenvalue weighted by Gasteiger charge is 2.16. The molecule has 0 aliphatic carbocycles. The summed E-state index contributed by atoms with van der Waals surface area (Å²) in [6, 6.07) is 14.7. The zero-order chi connectivity index (χ0) is 20.7. The maximum absolute atomic E-state index is 12.7. The van der Waals surface area contributed by atoms with Crippen LogP contribution < -0.4 is 16.0 Å². The second-order valence-corrected chi connectivity index (χ2v) is 6.76. The first-order valence-electron chi connectivity index (χ1n) is 8.96. The molecule has 0 heterocycles. The van der Waals surface area contributed by atoms with E-state index in [1.54, 1.807) is 18.2 Å². The summed E-state index contributed by atoms with van der Waals surface area (Å²) in [7, 11) is 3.91. The van der Waals surface area contributed by atoms with E-state index >= 15 is 0 Å². The fourth-order valence-electron chi connectivity index (χ4n) is 2.87. The molecule has 0 aliphatic rings. The average molecular weight is 382 g/mol. The molecular formula is C21H26N4O3. The van der Waals surface area contributed by atoms with Crippen molar-refractivity contribution in [3.8, 4) is 0 Å². The minimum absolute atomic E-state index is 0.0125. The lowest BCUT2D eigenvalue weighted by Gasteiger charge is -2.25. The van der Waals surface area contributed by atoms with Crippen molar-refractivity contribution in [2.24, 2.45) is 0 Å². The van der Waals surface area contributed by atoms with E-state index in [0.717, 1.165) is 5.56 Å². The van der Waals surface area contributed by atoms with Gasteiger partial charge in [-0.25, -0.2) is 0 Å². The van der Waals surface area contributed by atoms with Crippen LogP contribution in [0.15, 0.2) is 48.5 Å². The predicted octanol–water partition coefficient (Wildman–Crippen LogP) is 2.64. The van der Waals surface area contributed by atoms with E-state index in [-0.39, 0.29) is 23.8 Å². The summed E-state index contributed by atoms with van der Waals surface area (Å²) in [6.07, 6.45) is 0. The quantitative estimate of drug-likeness (QED) is 0.687. The van der Waals surface area contributed by atoms with Gasteiger partial charge in [0, 0.05) is 37.3 Å². The third kappa shape index (κ3) is 6.21. The van der Waals surface area contributed by atoms with E-state index in [1.807, 2.05) is 49.3 Å². The summed E-state index contributed by atoms with van der Waals surface area (Å²) in [4.78, 5) is 37.5. The molecule has 3 amide bonds. The Kier molecular flexibility index (Phi) is 7.28. The number of carbonyl (C=O) groups is 3. The summed E-state index contributed by atoms with van der Waals surface area (Å²) < 4.78 is 0. The Morgan fingerprint density at radius 1 is 0.893 bits per heavy atom. The first-order valence-corrected chi connectivity index (χ1v) is 8.96. The van der Waals surface area contributed by atoms with Crippen LogP contribution >= 0.6 is 0 Å². The van der Waals surface area contributed by atoms with E-state index in [4.69, 9.17) is 0 Å². The lowest BCUT2D eigenvalue weighted by Crippen LogP contribution is -2.34. The lowest BCUT2D eigenvalue weighted by atomic mass is 10.1. The van der Waals surface area contributed by atoms with Gasteiger partial charge < -0.3 is 20.9 Å². The number of carbonyl (C=O) groups excluding carboxylic acids is 3. The van der Waals surface area contributed by atoms with Crippen LogP contribution in [-0.2, 0) is 9.59 Å². The fourth-order valence-corrected chi connectivity index (χ4v) is 2.87. The standard InChI is InChI=1S/C21H26N4O3/c1-14(26)23-18-10-17(11-19(12-18)24-15(2)27)21(28)22-13-20(25(3)4)16-8-6-5-7-9-16/h5-12,20H,13H2,1-4H3,(H,22,28)(H,23,26)(H,24,27). The number of benzene rings is 2. The number of hydrogen-bond acceptors (Lipinski definition) is 4. The van der Waals surface area contributed by atoms with Gasteiger partial charge in [0.2, 0.25) is 11.8 Å². The average Bonchev–Trinajstić information content (AvgIpc) is 2.61. The first-order chi connectivity index (χ1) is 13.3. The fraction of sp³-hybridized carbons (Fsp3) is 0.286. The van der Waals surface area contributed by atoms with Crippen molar-refractivity contribution in [2.45, 2.75) is 19.9 Å². The van der Waals surface area contributed by atoms with Gasteiger partial charge in [0.25, 0.3) is 5.91 Å². The maximum Gasteiger partial charge on any atom is 0.251 e. The topological polar surface area (TPSA) is 90.5 Å². The summed E-state index contributed by atoms with van der Waals surface area (Å²) in [5.41, 5.74) is 2.33. The second-order valence-electron chi connectivity index (χ2n) is 6.76. The van der Waals surface area contributed by atoms with Gasteiger partial charge in [-0.2, -0.15) is 0 Å². The van der Waals surface area contributed by atoms with Gasteiger partial charge in [-0.3, -0.25) is 14.4 Å². The van der Waals surface area contributed by atoms with Crippen molar-refractivity contribution < 1.29 is 14.4 Å². The Hall–Kier alpha value is -3.19. The molecule has 2 rings (SSSR count). The first kappa shape index (κ1) is 21.1. The van der Waals surface area contributed by atoms with Gasteiger partial charge >= 0.3 is 0 Å². The number of nitrogens with one attached hydrogen (secondary N) is 3. The van der Waals surface area contributed by atoms with Crippen molar-refractivity contribution >= 4 is 29.1 Å². The molecule has 0 aromatic heterocycles. The molecule has 3 N–H and O–H groups in total. The Labute approximate surface area is 165 Å². The minimum atomic E-state index is -0.290. The highest BCUT2D eigenvalue weighted by atomic mass is 16.2. The van der Waals surface area contributed by atoms with Crippen molar-refractivity contribution in [1.82, 2.24) is 10.2 Å². The molecule has 0 saturated carbocycles. The van der Waals surface area contributed by atoms with E-state index < -0.39 is 0 Å². The lowest BCUT2D eigenvalue weighted by molar-refractivity contribution is -0.115. The molecule has 1 atom stereocenters. The van der Waals surface area contributed by atoms with Gasteiger partial charge in [-0.15, -0.1) is 0 Å². The monoisotopic (exact) mass is 382 g/mol. The number of nitrogens with zero attached hydrogens (tertiary/aromatic N) is 1. The van der Waals surface area contributed by atoms with Crippen molar-refractivity contribution in [3.63, 3.8) is 0 Å². The Morgan fingerprint density at radius 3 is 1.89 bits per heavy atom. The molecule has 0 radical (unpaired) electrons. The number of hydrogen-bond donors (Lipinski definition) is 3. The number of amides is 3. The Morgan fingerprint density at radius 2 is 1.43 bits per heavy atom. The largest absolute Gasteiger partial charge is 0.350 e. The molecule has 2 aromatic carbocycles. The molecule has 0 aliphatic heterocycles. The third-order valence-electron chi connectivity index (χ3n) is 4.10. The molecule has 0 spiro atoms. The minimum Gasteiger partial charge on any atom is -0.350 e. The van der Waals surface area contributed by atoms with Crippen LogP contribution in [-0.4, -0.2) is 43.3 Å². The SMILES string of the molecule is CC(=O)Nc1cc(NC(C)=O)cc(C(=O)NCC(c2ccccc2)N(C)C)c1. The smallest absolute Gasteiger partial charge is 0.251 e. The van der Waals surface area contributed by atoms with E-state index in [2.05, 4.69) is 16.0 Å². The number of likely N-dealkylation sites (N-methyl/N-ethyl adjacent to an activating group) is 1. The molecule has 0 fully saturated rings. The molecule has 28 heavy (non-hydrogen) atoms. The number of anilines is 2. The van der Waals surface area contributed by atoms with E-state index in [1.165, 1.54) is 13.8 Å². The van der Waals surface area contributed by atoms with Crippen LogP contribution in [0, 0.1) is 0 Å². The molecule has 0 bridgehead atoms. The number of rotatable bonds is 7. The Bertz CT molecular complexity index is 816. The zero-order valence-electron chi connectivity index (χ0n) is 16.6. The van der Waals surface area contributed by atoms with Crippen LogP contribution in [0.1, 0.15) is 35.8 Å². The summed E-state index contributed by atoms with van der Waals surface area (Å²) in [6.45, 7) is 3.18. The molecular weight excluding hydrogens is 356 g/mol. The van der Waals surface area contributed by atoms with Gasteiger partial charge in [0.05, 0.1) is 6.04 Å². The predicted molar refractivity (Wildman–Crippen MR) is 110 cm³/mol. The van der Waals surface area contributed by atoms with Crippen molar-refractivity contribution in [1.29, 1.82) is 0 Å². The summed E-state index contributed by atoms with van der Waals surface area (Å²) >= 11 is 0. The van der Waals surface area contributed by atoms with Crippen LogP contribution in [0.4, 0.5) is 11.4 Å². The van der Waals surface area contributed by atoms with E-state index in [9.17, 15) is 14.4 Å². The molecule has 1 unspecified atom stereocenters. The molecule has 0 saturated heterocycles. The second kappa shape index (κ2) is 9.66. The summed E-state index contributed by atoms with van der Waals surface area (Å²) in [5.74, 6) is -0.812. The molecule has 148 valence electrons. The normalized spacial score (nSPS) is 11.6. The van der Waals surface area contributed by atoms with Crippen LogP contribution in [0.2, 0.25) is 0 Å². The molecule has 7 heteroatoms. The van der Waals surface area contributed by atoms with Gasteiger partial charge in [0.1, 0.15) is 0 Å². The Balaban J connectivity index is 2.19. The van der Waals surface area contributed by atoms with Crippen molar-refractivity contribution in [2.75, 3.05) is 31.3 Å².